The Balaban J connectivity index is 2.25. The van der Waals surface area contributed by atoms with Crippen LogP contribution in [0.3, 0.4) is 0 Å². The van der Waals surface area contributed by atoms with Gasteiger partial charge >= 0.3 is 6.09 Å². The third-order valence-electron chi connectivity index (χ3n) is 3.32. The van der Waals surface area contributed by atoms with Gasteiger partial charge in [-0.3, -0.25) is 0 Å². The van der Waals surface area contributed by atoms with Crippen LogP contribution in [-0.4, -0.2) is 31.4 Å². The van der Waals surface area contributed by atoms with Crippen LogP contribution < -0.4 is 15.4 Å². The maximum absolute atomic E-state index is 11.5. The van der Waals surface area contributed by atoms with E-state index in [1.807, 2.05) is 45.1 Å². The van der Waals surface area contributed by atoms with Crippen LogP contribution in [0, 0.1) is 0 Å². The number of carbonyl (C=O) groups is 1. The highest BCUT2D eigenvalue weighted by Crippen LogP contribution is 2.17. The Morgan fingerprint density at radius 3 is 2.40 bits per heavy atom. The predicted octanol–water partition coefficient (Wildman–Crippen LogP) is 4.21. The van der Waals surface area contributed by atoms with Crippen molar-refractivity contribution < 1.29 is 14.3 Å². The molecule has 1 amide bonds. The fraction of sp³-hybridized carbons (Fsp3) is 0.550. The number of hydrogen-bond donors (Lipinski definition) is 2. The molecule has 1 aromatic carbocycles. The van der Waals surface area contributed by atoms with Gasteiger partial charge in [0.15, 0.2) is 0 Å². The van der Waals surface area contributed by atoms with Crippen LogP contribution in [0.5, 0.6) is 5.75 Å². The monoisotopic (exact) mass is 348 g/mol. The summed E-state index contributed by atoms with van der Waals surface area (Å²) in [4.78, 5) is 11.5. The van der Waals surface area contributed by atoms with Gasteiger partial charge in [0.2, 0.25) is 0 Å². The number of alkyl carbamates (subject to hydrolysis) is 1. The first-order valence-electron chi connectivity index (χ1n) is 8.90. The fourth-order valence-electron chi connectivity index (χ4n) is 2.06. The summed E-state index contributed by atoms with van der Waals surface area (Å²) >= 11 is 0. The van der Waals surface area contributed by atoms with Crippen LogP contribution in [0.2, 0.25) is 0 Å². The fourth-order valence-corrected chi connectivity index (χ4v) is 2.06. The number of hydrogen-bond acceptors (Lipinski definition) is 4. The minimum Gasteiger partial charge on any atom is -0.494 e. The van der Waals surface area contributed by atoms with E-state index in [1.54, 1.807) is 0 Å². The van der Waals surface area contributed by atoms with Crippen LogP contribution in [0.1, 0.15) is 52.6 Å². The predicted molar refractivity (Wildman–Crippen MR) is 102 cm³/mol. The largest absolute Gasteiger partial charge is 0.494 e. The second kappa shape index (κ2) is 10.8. The first-order valence-corrected chi connectivity index (χ1v) is 8.90. The third kappa shape index (κ3) is 9.77. The van der Waals surface area contributed by atoms with Crippen molar-refractivity contribution >= 4 is 6.09 Å². The number of nitrogens with one attached hydrogen (secondary N) is 2. The maximum Gasteiger partial charge on any atom is 0.407 e. The van der Waals surface area contributed by atoms with Gasteiger partial charge in [0.05, 0.1) is 6.61 Å². The molecule has 2 N–H and O–H groups in total. The highest BCUT2D eigenvalue weighted by molar-refractivity contribution is 5.67. The molecule has 5 heteroatoms. The zero-order valence-electron chi connectivity index (χ0n) is 16.1. The maximum atomic E-state index is 11.5. The first-order chi connectivity index (χ1) is 11.8. The van der Waals surface area contributed by atoms with Crippen molar-refractivity contribution in [3.8, 4) is 5.75 Å². The molecule has 0 radical (unpaired) electrons. The molecule has 0 aromatic heterocycles. The molecule has 5 nitrogen and oxygen atoms in total. The van der Waals surface area contributed by atoms with Crippen LogP contribution in [-0.2, 0) is 4.74 Å². The molecule has 1 rings (SSSR count). The topological polar surface area (TPSA) is 59.6 Å². The van der Waals surface area contributed by atoms with E-state index in [0.717, 1.165) is 25.3 Å². The van der Waals surface area contributed by atoms with Crippen LogP contribution in [0.15, 0.2) is 36.4 Å². The minimum atomic E-state index is -0.470. The average molecular weight is 348 g/mol. The van der Waals surface area contributed by atoms with Gasteiger partial charge in [-0.1, -0.05) is 31.2 Å². The summed E-state index contributed by atoms with van der Waals surface area (Å²) < 4.78 is 10.8. The highest BCUT2D eigenvalue weighted by atomic mass is 16.6. The summed E-state index contributed by atoms with van der Waals surface area (Å²) in [6.07, 6.45) is 4.51. The van der Waals surface area contributed by atoms with Gasteiger partial charge in [0.1, 0.15) is 11.4 Å². The van der Waals surface area contributed by atoms with Crippen molar-refractivity contribution in [3.05, 3.63) is 42.0 Å². The summed E-state index contributed by atoms with van der Waals surface area (Å²) in [7, 11) is 0. The molecule has 0 bridgehead atoms. The molecule has 1 unspecified atom stereocenters. The molecule has 0 aliphatic heterocycles. The zero-order chi connectivity index (χ0) is 18.7. The Labute approximate surface area is 151 Å². The van der Waals surface area contributed by atoms with E-state index in [0.29, 0.717) is 6.54 Å². The van der Waals surface area contributed by atoms with E-state index in [4.69, 9.17) is 9.47 Å². The van der Waals surface area contributed by atoms with Gasteiger partial charge in [-0.05, 0) is 51.8 Å². The Morgan fingerprint density at radius 1 is 1.16 bits per heavy atom. The lowest BCUT2D eigenvalue weighted by Gasteiger charge is -2.19. The van der Waals surface area contributed by atoms with Gasteiger partial charge in [0, 0.05) is 19.1 Å². The van der Waals surface area contributed by atoms with E-state index in [-0.39, 0.29) is 6.04 Å². The minimum absolute atomic E-state index is 0.240. The van der Waals surface area contributed by atoms with Gasteiger partial charge in [0.25, 0.3) is 0 Å². The summed E-state index contributed by atoms with van der Waals surface area (Å²) in [5.74, 6) is 0.908. The molecule has 25 heavy (non-hydrogen) atoms. The quantitative estimate of drug-likeness (QED) is 0.657. The molecule has 0 heterocycles. The molecular weight excluding hydrogens is 316 g/mol. The standard InChI is InChI=1S/C20H32N2O3/c1-6-15-24-18-11-9-17(10-12-18)16(2)21-13-7-8-14-22-19(23)25-20(3,4)5/h7-12,16,21H,6,13-15H2,1-5H3,(H,22,23)/b8-7+. The van der Waals surface area contributed by atoms with Gasteiger partial charge < -0.3 is 20.1 Å². The molecule has 1 atom stereocenters. The van der Waals surface area contributed by atoms with Crippen molar-refractivity contribution in [2.45, 2.75) is 52.7 Å². The second-order valence-electron chi connectivity index (χ2n) is 6.90. The summed E-state index contributed by atoms with van der Waals surface area (Å²) in [5.41, 5.74) is 0.742. The van der Waals surface area contributed by atoms with E-state index in [1.165, 1.54) is 5.56 Å². The summed E-state index contributed by atoms with van der Waals surface area (Å²) in [6, 6.07) is 8.41. The molecule has 0 spiro atoms. The third-order valence-corrected chi connectivity index (χ3v) is 3.32. The molecule has 140 valence electrons. The molecule has 0 aliphatic carbocycles. The van der Waals surface area contributed by atoms with E-state index in [2.05, 4.69) is 36.6 Å². The SMILES string of the molecule is CCCOc1ccc(C(C)NC/C=C/CNC(=O)OC(C)(C)C)cc1. The Kier molecular flexibility index (Phi) is 9.06. The zero-order valence-corrected chi connectivity index (χ0v) is 16.1. The van der Waals surface area contributed by atoms with Gasteiger partial charge in [-0.2, -0.15) is 0 Å². The Morgan fingerprint density at radius 2 is 1.80 bits per heavy atom. The summed E-state index contributed by atoms with van der Waals surface area (Å²) in [5, 5.41) is 6.11. The molecule has 0 saturated heterocycles. The van der Waals surface area contributed by atoms with E-state index in [9.17, 15) is 4.79 Å². The molecule has 0 fully saturated rings. The van der Waals surface area contributed by atoms with Gasteiger partial charge in [-0.25, -0.2) is 4.79 Å². The highest BCUT2D eigenvalue weighted by Gasteiger charge is 2.14. The molecular formula is C20H32N2O3. The van der Waals surface area contributed by atoms with Crippen LogP contribution in [0.4, 0.5) is 4.79 Å². The van der Waals surface area contributed by atoms with Crippen molar-refractivity contribution in [1.29, 1.82) is 0 Å². The molecule has 0 saturated carbocycles. The van der Waals surface area contributed by atoms with Crippen molar-refractivity contribution in [3.63, 3.8) is 0 Å². The van der Waals surface area contributed by atoms with Gasteiger partial charge in [-0.15, -0.1) is 0 Å². The van der Waals surface area contributed by atoms with Crippen molar-refractivity contribution in [2.75, 3.05) is 19.7 Å². The van der Waals surface area contributed by atoms with Crippen LogP contribution in [0.25, 0.3) is 0 Å². The number of rotatable bonds is 9. The van der Waals surface area contributed by atoms with E-state index < -0.39 is 11.7 Å². The van der Waals surface area contributed by atoms with E-state index >= 15 is 0 Å². The number of ether oxygens (including phenoxy) is 2. The first kappa shape index (κ1) is 21.0. The Hall–Kier alpha value is -2.01. The lowest BCUT2D eigenvalue weighted by Crippen LogP contribution is -2.32. The average Bonchev–Trinajstić information content (AvgIpc) is 2.54. The number of benzene rings is 1. The number of carbonyl (C=O) groups excluding carboxylic acids is 1. The van der Waals surface area contributed by atoms with Crippen molar-refractivity contribution in [2.24, 2.45) is 0 Å². The number of amides is 1. The second-order valence-corrected chi connectivity index (χ2v) is 6.90. The molecule has 0 aliphatic rings. The lowest BCUT2D eigenvalue weighted by molar-refractivity contribution is 0.0534. The summed E-state index contributed by atoms with van der Waals surface area (Å²) in [6.45, 7) is 11.7. The van der Waals surface area contributed by atoms with Crippen LogP contribution >= 0.6 is 0 Å². The Bertz CT molecular complexity index is 533. The smallest absolute Gasteiger partial charge is 0.407 e. The van der Waals surface area contributed by atoms with Crippen molar-refractivity contribution in [1.82, 2.24) is 10.6 Å². The lowest BCUT2D eigenvalue weighted by atomic mass is 10.1. The molecule has 1 aromatic rings. The normalized spacial score (nSPS) is 12.8.